The number of fused-ring (bicyclic) bond motifs is 5. The molecule has 0 N–H and O–H groups in total. The first-order chi connectivity index (χ1) is 24.9. The molecule has 12 nitrogen and oxygen atoms in total. The van der Waals surface area contributed by atoms with Crippen molar-refractivity contribution in [2.24, 2.45) is 17.8 Å². The van der Waals surface area contributed by atoms with Crippen molar-refractivity contribution < 1.29 is 47.5 Å². The standard InChI is InChI=1S/C39H68N2O10/c1-44-32-23-29-25-34(36(32)46-3)48-21-8-13-31(14-18-41-16-9-15-40(19-20-41)17-10-22-49-38(29)42)51-39(43)30-24-33(45-2)37(47-4)35(26-30)50-27-28-11-6-5-7-12-28/h28-37H,5-27H2,1-4H3. The molecule has 5 aliphatic rings. The molecule has 0 aromatic rings. The average Bonchev–Trinajstić information content (AvgIpc) is 3.40. The number of carbonyl (C=O) groups excluding carboxylic acids is 2. The van der Waals surface area contributed by atoms with Gasteiger partial charge in [-0.1, -0.05) is 19.3 Å². The van der Waals surface area contributed by atoms with Crippen LogP contribution in [0.5, 0.6) is 0 Å². The fourth-order valence-electron chi connectivity index (χ4n) is 9.17. The molecule has 5 fully saturated rings. The second-order valence-corrected chi connectivity index (χ2v) is 15.6. The second-order valence-electron chi connectivity index (χ2n) is 15.6. The van der Waals surface area contributed by atoms with Gasteiger partial charge in [-0.15, -0.1) is 0 Å². The number of nitrogens with zero attached hydrogens (tertiary/aromatic N) is 2. The van der Waals surface area contributed by atoms with Crippen LogP contribution in [0.15, 0.2) is 0 Å². The summed E-state index contributed by atoms with van der Waals surface area (Å²) in [4.78, 5) is 32.1. The molecule has 2 saturated heterocycles. The van der Waals surface area contributed by atoms with Gasteiger partial charge in [0.25, 0.3) is 0 Å². The van der Waals surface area contributed by atoms with Gasteiger partial charge in [0.05, 0.1) is 42.9 Å². The smallest absolute Gasteiger partial charge is 0.309 e. The van der Waals surface area contributed by atoms with E-state index >= 15 is 0 Å². The first-order valence-electron chi connectivity index (χ1n) is 20.1. The maximum absolute atomic E-state index is 14.0. The van der Waals surface area contributed by atoms with Crippen LogP contribution in [0.4, 0.5) is 0 Å². The van der Waals surface area contributed by atoms with Crippen LogP contribution >= 0.6 is 0 Å². The Kier molecular flexibility index (Phi) is 17.2. The zero-order chi connectivity index (χ0) is 36.0. The van der Waals surface area contributed by atoms with Crippen LogP contribution in [0.25, 0.3) is 0 Å². The van der Waals surface area contributed by atoms with Crippen LogP contribution in [-0.4, -0.2) is 152 Å². The molecule has 0 spiro atoms. The Labute approximate surface area is 306 Å². The lowest BCUT2D eigenvalue weighted by atomic mass is 9.82. The zero-order valence-electron chi connectivity index (χ0n) is 32.0. The number of methoxy groups -OCH3 is 4. The van der Waals surface area contributed by atoms with Crippen LogP contribution in [0.1, 0.15) is 89.9 Å². The third kappa shape index (κ3) is 12.1. The molecular formula is C39H68N2O10. The molecule has 0 aromatic heterocycles. The van der Waals surface area contributed by atoms with E-state index in [4.69, 9.17) is 37.9 Å². The molecular weight excluding hydrogens is 656 g/mol. The third-order valence-corrected chi connectivity index (χ3v) is 12.2. The largest absolute Gasteiger partial charge is 0.465 e. The Balaban J connectivity index is 1.24. The number of hydrogen-bond donors (Lipinski definition) is 0. The van der Waals surface area contributed by atoms with Gasteiger partial charge in [-0.05, 0) is 89.6 Å². The molecule has 4 bridgehead atoms. The predicted molar refractivity (Wildman–Crippen MR) is 191 cm³/mol. The molecule has 0 amide bonds. The quantitative estimate of drug-likeness (QED) is 0.317. The van der Waals surface area contributed by atoms with Crippen LogP contribution in [-0.2, 0) is 47.5 Å². The number of esters is 2. The Morgan fingerprint density at radius 3 is 2.08 bits per heavy atom. The molecule has 5 rings (SSSR count). The number of carbonyl (C=O) groups is 2. The van der Waals surface area contributed by atoms with Crippen LogP contribution in [0.3, 0.4) is 0 Å². The van der Waals surface area contributed by atoms with Crippen molar-refractivity contribution in [2.45, 2.75) is 133 Å². The maximum atomic E-state index is 14.0. The third-order valence-electron chi connectivity index (χ3n) is 12.2. The number of cyclic esters (lactones) is 1. The minimum Gasteiger partial charge on any atom is -0.465 e. The van der Waals surface area contributed by atoms with E-state index in [1.165, 1.54) is 32.1 Å². The summed E-state index contributed by atoms with van der Waals surface area (Å²) in [7, 11) is 6.73. The molecule has 2 heterocycles. The van der Waals surface area contributed by atoms with Crippen molar-refractivity contribution in [3.8, 4) is 0 Å². The molecule has 3 aliphatic carbocycles. The Bertz CT molecular complexity index is 1030. The number of hydrogen-bond acceptors (Lipinski definition) is 12. The topological polar surface area (TPSA) is 114 Å². The fraction of sp³-hybridized carbons (Fsp3) is 0.949. The van der Waals surface area contributed by atoms with Gasteiger partial charge in [-0.2, -0.15) is 0 Å². The highest BCUT2D eigenvalue weighted by atomic mass is 16.6. The molecule has 0 aromatic carbocycles. The van der Waals surface area contributed by atoms with Crippen LogP contribution in [0.2, 0.25) is 0 Å². The van der Waals surface area contributed by atoms with E-state index in [1.807, 2.05) is 0 Å². The maximum Gasteiger partial charge on any atom is 0.309 e. The Morgan fingerprint density at radius 2 is 1.35 bits per heavy atom. The summed E-state index contributed by atoms with van der Waals surface area (Å²) in [5, 5.41) is 0. The molecule has 12 heteroatoms. The van der Waals surface area contributed by atoms with Gasteiger partial charge in [-0.3, -0.25) is 9.59 Å². The van der Waals surface area contributed by atoms with Crippen molar-refractivity contribution in [1.29, 1.82) is 0 Å². The van der Waals surface area contributed by atoms with Gasteiger partial charge in [0.1, 0.15) is 18.3 Å². The van der Waals surface area contributed by atoms with Crippen LogP contribution < -0.4 is 0 Å². The minimum atomic E-state index is -0.315. The average molecular weight is 725 g/mol. The van der Waals surface area contributed by atoms with E-state index in [0.29, 0.717) is 57.8 Å². The lowest BCUT2D eigenvalue weighted by Gasteiger charge is -2.40. The summed E-state index contributed by atoms with van der Waals surface area (Å²) in [6.45, 7) is 7.39. The molecule has 11 unspecified atom stereocenters. The Hall–Kier alpha value is -1.38. The summed E-state index contributed by atoms with van der Waals surface area (Å²) in [6, 6.07) is 0. The van der Waals surface area contributed by atoms with E-state index < -0.39 is 0 Å². The predicted octanol–water partition coefficient (Wildman–Crippen LogP) is 4.25. The summed E-state index contributed by atoms with van der Waals surface area (Å²) < 4.78 is 48.5. The number of rotatable bonds is 9. The zero-order valence-corrected chi connectivity index (χ0v) is 32.0. The normalized spacial score (nSPS) is 38.4. The summed E-state index contributed by atoms with van der Waals surface area (Å²) in [5.41, 5.74) is 0. The molecule has 294 valence electrons. The monoisotopic (exact) mass is 724 g/mol. The van der Waals surface area contributed by atoms with Crippen molar-refractivity contribution in [3.63, 3.8) is 0 Å². The van der Waals surface area contributed by atoms with E-state index in [1.54, 1.807) is 28.4 Å². The highest BCUT2D eigenvalue weighted by molar-refractivity contribution is 5.73. The summed E-state index contributed by atoms with van der Waals surface area (Å²) >= 11 is 0. The van der Waals surface area contributed by atoms with Gasteiger partial charge in [0, 0.05) is 67.8 Å². The van der Waals surface area contributed by atoms with Crippen molar-refractivity contribution in [3.05, 3.63) is 0 Å². The summed E-state index contributed by atoms with van der Waals surface area (Å²) in [6.07, 6.45) is 10.8. The minimum absolute atomic E-state index is 0.166. The van der Waals surface area contributed by atoms with Gasteiger partial charge in [-0.25, -0.2) is 0 Å². The van der Waals surface area contributed by atoms with E-state index in [9.17, 15) is 9.59 Å². The Morgan fingerprint density at radius 1 is 0.667 bits per heavy atom. The van der Waals surface area contributed by atoms with E-state index in [2.05, 4.69) is 9.80 Å². The van der Waals surface area contributed by atoms with Gasteiger partial charge in [0.15, 0.2) is 0 Å². The second kappa shape index (κ2) is 21.5. The number of ether oxygens (including phenoxy) is 8. The molecule has 0 radical (unpaired) electrons. The van der Waals surface area contributed by atoms with Crippen molar-refractivity contribution in [1.82, 2.24) is 9.80 Å². The summed E-state index contributed by atoms with van der Waals surface area (Å²) in [5.74, 6) is -0.384. The lowest BCUT2D eigenvalue weighted by molar-refractivity contribution is -0.178. The van der Waals surface area contributed by atoms with Crippen molar-refractivity contribution >= 4 is 11.9 Å². The molecule has 51 heavy (non-hydrogen) atoms. The van der Waals surface area contributed by atoms with Gasteiger partial charge >= 0.3 is 11.9 Å². The molecule has 2 aliphatic heterocycles. The SMILES string of the molecule is COC1CC2CC(OCCCC(OC(=O)C3CC(OC)C(OC)C(OCC4CCCCC4)C3)CCN3CCCN(CCCOC2=O)CC3)C1OC. The van der Waals surface area contributed by atoms with Gasteiger partial charge in [0.2, 0.25) is 0 Å². The molecule has 3 saturated carbocycles. The van der Waals surface area contributed by atoms with Crippen LogP contribution in [0, 0.1) is 17.8 Å². The van der Waals surface area contributed by atoms with E-state index in [0.717, 1.165) is 65.0 Å². The van der Waals surface area contributed by atoms with Gasteiger partial charge < -0.3 is 47.7 Å². The van der Waals surface area contributed by atoms with E-state index in [-0.39, 0.29) is 66.5 Å². The fourth-order valence-corrected chi connectivity index (χ4v) is 9.17. The molecule has 11 atom stereocenters. The first kappa shape index (κ1) is 40.8. The van der Waals surface area contributed by atoms with Crippen molar-refractivity contribution in [2.75, 3.05) is 87.5 Å². The highest BCUT2D eigenvalue weighted by Gasteiger charge is 2.44. The highest BCUT2D eigenvalue weighted by Crippen LogP contribution is 2.35. The lowest BCUT2D eigenvalue weighted by Crippen LogP contribution is -2.50. The first-order valence-corrected chi connectivity index (χ1v) is 20.1.